The highest BCUT2D eigenvalue weighted by Crippen LogP contribution is 2.20. The number of rotatable bonds is 7. The summed E-state index contributed by atoms with van der Waals surface area (Å²) in [5.41, 5.74) is 8.16. The van der Waals surface area contributed by atoms with E-state index in [9.17, 15) is 9.59 Å². The number of ether oxygens (including phenoxy) is 1. The predicted octanol–water partition coefficient (Wildman–Crippen LogP) is 3.45. The second-order valence-electron chi connectivity index (χ2n) is 5.84. The fourth-order valence-electron chi connectivity index (χ4n) is 2.54. The molecule has 0 aliphatic carbocycles. The minimum Gasteiger partial charge on any atom is -0.481 e. The summed E-state index contributed by atoms with van der Waals surface area (Å²) in [6, 6.07) is 12.8. The Balaban J connectivity index is 2.12. The van der Waals surface area contributed by atoms with Crippen LogP contribution in [0.2, 0.25) is 0 Å². The molecule has 5 heteroatoms. The van der Waals surface area contributed by atoms with Crippen molar-refractivity contribution in [2.45, 2.75) is 39.7 Å². The number of nitrogens with two attached hydrogens (primary N) is 1. The van der Waals surface area contributed by atoms with Gasteiger partial charge in [-0.1, -0.05) is 32.0 Å². The molecule has 25 heavy (non-hydrogen) atoms. The largest absolute Gasteiger partial charge is 0.481 e. The Bertz CT molecular complexity index is 754. The molecular formula is C20H24N2O3. The van der Waals surface area contributed by atoms with E-state index in [1.165, 1.54) is 5.56 Å². The van der Waals surface area contributed by atoms with E-state index in [-0.39, 0.29) is 5.91 Å². The van der Waals surface area contributed by atoms with Gasteiger partial charge in [0.1, 0.15) is 5.75 Å². The minimum absolute atomic E-state index is 0.258. The van der Waals surface area contributed by atoms with Crippen molar-refractivity contribution in [2.24, 2.45) is 5.73 Å². The first-order valence-corrected chi connectivity index (χ1v) is 8.42. The smallest absolute Gasteiger partial charge is 0.265 e. The molecule has 0 aliphatic rings. The summed E-state index contributed by atoms with van der Waals surface area (Å²) in [7, 11) is 0. The molecular weight excluding hydrogens is 316 g/mol. The summed E-state index contributed by atoms with van der Waals surface area (Å²) in [6.07, 6.45) is 0.854. The average molecular weight is 340 g/mol. The van der Waals surface area contributed by atoms with Crippen LogP contribution in [0.5, 0.6) is 5.75 Å². The highest BCUT2D eigenvalue weighted by Gasteiger charge is 2.20. The van der Waals surface area contributed by atoms with Gasteiger partial charge in [-0.05, 0) is 55.2 Å². The molecule has 1 atom stereocenters. The van der Waals surface area contributed by atoms with Crippen molar-refractivity contribution in [3.05, 3.63) is 59.2 Å². The molecule has 0 aromatic heterocycles. The van der Waals surface area contributed by atoms with Crippen molar-refractivity contribution in [3.8, 4) is 5.75 Å². The van der Waals surface area contributed by atoms with Crippen LogP contribution in [-0.2, 0) is 11.2 Å². The Morgan fingerprint density at radius 2 is 1.80 bits per heavy atom. The molecule has 0 aliphatic heterocycles. The second-order valence-corrected chi connectivity index (χ2v) is 5.84. The maximum Gasteiger partial charge on any atom is 0.265 e. The average Bonchev–Trinajstić information content (AvgIpc) is 2.61. The molecule has 0 saturated carbocycles. The van der Waals surface area contributed by atoms with Crippen LogP contribution in [0, 0.1) is 6.92 Å². The van der Waals surface area contributed by atoms with Crippen molar-refractivity contribution < 1.29 is 14.3 Å². The van der Waals surface area contributed by atoms with Gasteiger partial charge in [-0.25, -0.2) is 0 Å². The predicted molar refractivity (Wildman–Crippen MR) is 98.9 cm³/mol. The van der Waals surface area contributed by atoms with Crippen LogP contribution in [0.25, 0.3) is 0 Å². The molecule has 1 unspecified atom stereocenters. The number of amides is 2. The molecule has 5 nitrogen and oxygen atoms in total. The zero-order valence-electron chi connectivity index (χ0n) is 14.8. The highest BCUT2D eigenvalue weighted by atomic mass is 16.5. The Hall–Kier alpha value is -2.82. The molecule has 0 fully saturated rings. The van der Waals surface area contributed by atoms with E-state index in [1.807, 2.05) is 31.2 Å². The maximum atomic E-state index is 12.6. The van der Waals surface area contributed by atoms with E-state index in [1.54, 1.807) is 25.1 Å². The fourth-order valence-corrected chi connectivity index (χ4v) is 2.54. The van der Waals surface area contributed by atoms with Crippen LogP contribution in [0.3, 0.4) is 0 Å². The van der Waals surface area contributed by atoms with Gasteiger partial charge in [0, 0.05) is 11.3 Å². The summed E-state index contributed by atoms with van der Waals surface area (Å²) < 4.78 is 5.81. The molecule has 3 N–H and O–H groups in total. The summed E-state index contributed by atoms with van der Waals surface area (Å²) in [4.78, 5) is 24.0. The summed E-state index contributed by atoms with van der Waals surface area (Å²) >= 11 is 0. The van der Waals surface area contributed by atoms with Gasteiger partial charge in [0.25, 0.3) is 5.91 Å². The summed E-state index contributed by atoms with van der Waals surface area (Å²) in [6.45, 7) is 5.72. The summed E-state index contributed by atoms with van der Waals surface area (Å²) in [5.74, 6) is -0.124. The molecule has 2 amide bonds. The number of hydrogen-bond acceptors (Lipinski definition) is 3. The Morgan fingerprint density at radius 1 is 1.12 bits per heavy atom. The number of hydrogen-bond donors (Lipinski definition) is 2. The van der Waals surface area contributed by atoms with Gasteiger partial charge >= 0.3 is 0 Å². The van der Waals surface area contributed by atoms with Gasteiger partial charge in [0.15, 0.2) is 6.10 Å². The molecule has 132 valence electrons. The first-order valence-electron chi connectivity index (χ1n) is 8.42. The van der Waals surface area contributed by atoms with Crippen LogP contribution in [0.4, 0.5) is 5.69 Å². The third kappa shape index (κ3) is 4.59. The topological polar surface area (TPSA) is 81.4 Å². The van der Waals surface area contributed by atoms with E-state index in [0.717, 1.165) is 6.42 Å². The Labute approximate surface area is 148 Å². The third-order valence-electron chi connectivity index (χ3n) is 4.13. The van der Waals surface area contributed by atoms with Gasteiger partial charge in [0.05, 0.1) is 0 Å². The lowest BCUT2D eigenvalue weighted by atomic mass is 10.1. The maximum absolute atomic E-state index is 12.6. The number of nitrogens with one attached hydrogen (secondary N) is 1. The summed E-state index contributed by atoms with van der Waals surface area (Å²) in [5, 5.41) is 2.83. The molecule has 0 radical (unpaired) electrons. The number of aryl methyl sites for hydroxylation is 1. The number of anilines is 1. The standard InChI is InChI=1S/C20H24N2O3/c1-4-14-9-11-15(12-10-14)25-18(5-2)20(24)22-17-8-6-7-16(13(17)3)19(21)23/h6-12,18H,4-5H2,1-3H3,(H2,21,23)(H,22,24). The fraction of sp³-hybridized carbons (Fsp3) is 0.300. The van der Waals surface area contributed by atoms with Crippen molar-refractivity contribution in [1.82, 2.24) is 0 Å². The molecule has 2 aromatic carbocycles. The molecule has 0 spiro atoms. The zero-order chi connectivity index (χ0) is 18.4. The lowest BCUT2D eigenvalue weighted by Crippen LogP contribution is -2.32. The third-order valence-corrected chi connectivity index (χ3v) is 4.13. The van der Waals surface area contributed by atoms with E-state index in [2.05, 4.69) is 12.2 Å². The minimum atomic E-state index is -0.621. The van der Waals surface area contributed by atoms with Gasteiger partial charge in [-0.2, -0.15) is 0 Å². The van der Waals surface area contributed by atoms with Crippen molar-refractivity contribution in [1.29, 1.82) is 0 Å². The first kappa shape index (κ1) is 18.5. The second kappa shape index (κ2) is 8.33. The highest BCUT2D eigenvalue weighted by molar-refractivity contribution is 5.99. The monoisotopic (exact) mass is 340 g/mol. The van der Waals surface area contributed by atoms with E-state index >= 15 is 0 Å². The van der Waals surface area contributed by atoms with Gasteiger partial charge in [0.2, 0.25) is 5.91 Å². The number of carbonyl (C=O) groups excluding carboxylic acids is 2. The Kier molecular flexibility index (Phi) is 6.17. The Morgan fingerprint density at radius 3 is 2.36 bits per heavy atom. The van der Waals surface area contributed by atoms with Crippen LogP contribution in [-0.4, -0.2) is 17.9 Å². The molecule has 2 aromatic rings. The van der Waals surface area contributed by atoms with Crippen molar-refractivity contribution in [3.63, 3.8) is 0 Å². The van der Waals surface area contributed by atoms with E-state index < -0.39 is 12.0 Å². The van der Waals surface area contributed by atoms with E-state index in [0.29, 0.717) is 29.0 Å². The molecule has 0 heterocycles. The zero-order valence-corrected chi connectivity index (χ0v) is 14.8. The first-order chi connectivity index (χ1) is 12.0. The van der Waals surface area contributed by atoms with Gasteiger partial charge in [-0.15, -0.1) is 0 Å². The van der Waals surface area contributed by atoms with E-state index in [4.69, 9.17) is 10.5 Å². The van der Waals surface area contributed by atoms with Crippen LogP contribution in [0.1, 0.15) is 41.8 Å². The van der Waals surface area contributed by atoms with Crippen LogP contribution >= 0.6 is 0 Å². The van der Waals surface area contributed by atoms with Gasteiger partial charge in [-0.3, -0.25) is 9.59 Å². The molecule has 0 saturated heterocycles. The number of benzene rings is 2. The molecule has 2 rings (SSSR count). The quantitative estimate of drug-likeness (QED) is 0.810. The SMILES string of the molecule is CCc1ccc(OC(CC)C(=O)Nc2cccc(C(N)=O)c2C)cc1. The van der Waals surface area contributed by atoms with Crippen molar-refractivity contribution >= 4 is 17.5 Å². The van der Waals surface area contributed by atoms with Crippen LogP contribution < -0.4 is 15.8 Å². The normalized spacial score (nSPS) is 11.6. The molecule has 0 bridgehead atoms. The lowest BCUT2D eigenvalue weighted by Gasteiger charge is -2.18. The number of carbonyl (C=O) groups is 2. The van der Waals surface area contributed by atoms with Crippen LogP contribution in [0.15, 0.2) is 42.5 Å². The lowest BCUT2D eigenvalue weighted by molar-refractivity contribution is -0.122. The number of primary amides is 1. The van der Waals surface area contributed by atoms with Crippen molar-refractivity contribution in [2.75, 3.05) is 5.32 Å². The van der Waals surface area contributed by atoms with Gasteiger partial charge < -0.3 is 15.8 Å².